The van der Waals surface area contributed by atoms with E-state index >= 15 is 0 Å². The van der Waals surface area contributed by atoms with Gasteiger partial charge in [-0.15, -0.1) is 0 Å². The molecule has 22 heavy (non-hydrogen) atoms. The number of carboxylic acids is 2. The summed E-state index contributed by atoms with van der Waals surface area (Å²) in [5.41, 5.74) is 4.90. The molecule has 0 radical (unpaired) electrons. The highest BCUT2D eigenvalue weighted by atomic mass is 16.6. The van der Waals surface area contributed by atoms with Crippen molar-refractivity contribution in [3.8, 4) is 5.75 Å². The fourth-order valence-corrected chi connectivity index (χ4v) is 3.60. The highest BCUT2D eigenvalue weighted by molar-refractivity contribution is 5.97. The van der Waals surface area contributed by atoms with Crippen LogP contribution in [0, 0.1) is 11.8 Å². The first-order valence-corrected chi connectivity index (χ1v) is 6.76. The summed E-state index contributed by atoms with van der Waals surface area (Å²) in [5, 5.41) is 28.7. The van der Waals surface area contributed by atoms with Gasteiger partial charge in [0.25, 0.3) is 0 Å². The first kappa shape index (κ1) is 14.4. The van der Waals surface area contributed by atoms with Crippen molar-refractivity contribution >= 4 is 17.5 Å². The van der Waals surface area contributed by atoms with Crippen LogP contribution in [0.25, 0.3) is 5.57 Å². The van der Waals surface area contributed by atoms with E-state index in [9.17, 15) is 24.9 Å². The summed E-state index contributed by atoms with van der Waals surface area (Å²) in [6.45, 7) is 0. The molecule has 3 aliphatic rings. The third-order valence-electron chi connectivity index (χ3n) is 4.36. The predicted octanol–water partition coefficient (Wildman–Crippen LogP) is 1.16. The zero-order chi connectivity index (χ0) is 16.0. The van der Waals surface area contributed by atoms with Gasteiger partial charge >= 0.3 is 11.9 Å². The number of hydrogen-bond acceptors (Lipinski definition) is 5. The quantitative estimate of drug-likeness (QED) is 0.617. The summed E-state index contributed by atoms with van der Waals surface area (Å²) in [6.07, 6.45) is 0.363. The summed E-state index contributed by atoms with van der Waals surface area (Å²) >= 11 is 0. The minimum atomic E-state index is -1.20. The van der Waals surface area contributed by atoms with E-state index in [0.29, 0.717) is 23.3 Å². The molecule has 4 N–H and O–H groups in total. The van der Waals surface area contributed by atoms with Crippen molar-refractivity contribution in [3.05, 3.63) is 35.0 Å². The number of rotatable bonds is 4. The molecule has 3 unspecified atom stereocenters. The molecule has 0 spiro atoms. The van der Waals surface area contributed by atoms with Crippen LogP contribution in [0.15, 0.2) is 23.9 Å². The fraction of sp³-hybridized carbons (Fsp3) is 0.333. The molecule has 0 saturated carbocycles. The van der Waals surface area contributed by atoms with E-state index in [1.54, 1.807) is 6.07 Å². The van der Waals surface area contributed by atoms with Crippen LogP contribution in [0.2, 0.25) is 0 Å². The van der Waals surface area contributed by atoms with Crippen molar-refractivity contribution in [2.24, 2.45) is 11.8 Å². The van der Waals surface area contributed by atoms with Crippen LogP contribution in [0.3, 0.4) is 0 Å². The summed E-state index contributed by atoms with van der Waals surface area (Å²) in [5.74, 6) is -5.02. The second-order valence-electron chi connectivity index (χ2n) is 5.46. The Hall–Kier alpha value is -2.54. The van der Waals surface area contributed by atoms with Gasteiger partial charge in [0.2, 0.25) is 0 Å². The zero-order valence-electron chi connectivity index (χ0n) is 11.7. The lowest BCUT2D eigenvalue weighted by Gasteiger charge is -2.43. The van der Waals surface area contributed by atoms with E-state index < -0.39 is 29.7 Å². The number of hydrogen-bond donors (Lipinski definition) is 4. The minimum absolute atomic E-state index is 0.00609. The van der Waals surface area contributed by atoms with Gasteiger partial charge in [0, 0.05) is 11.6 Å². The lowest BCUT2D eigenvalue weighted by Crippen LogP contribution is -2.44. The maximum atomic E-state index is 11.7. The van der Waals surface area contributed by atoms with Crippen LogP contribution in [0.5, 0.6) is 5.75 Å². The van der Waals surface area contributed by atoms with Gasteiger partial charge in [-0.25, -0.2) is 0 Å². The molecule has 0 saturated heterocycles. The summed E-state index contributed by atoms with van der Waals surface area (Å²) in [6, 6.07) is 4.62. The van der Waals surface area contributed by atoms with Gasteiger partial charge in [0.05, 0.1) is 18.9 Å². The SMILES string of the molecule is CONC1=C2c3cc(O)ccc3C(C1)C(C(=O)O)C2C(=O)O. The van der Waals surface area contributed by atoms with Crippen LogP contribution in [0.4, 0.5) is 0 Å². The third kappa shape index (κ3) is 1.93. The van der Waals surface area contributed by atoms with Gasteiger partial charge < -0.3 is 15.3 Å². The van der Waals surface area contributed by atoms with Gasteiger partial charge in [0.15, 0.2) is 0 Å². The topological polar surface area (TPSA) is 116 Å². The first-order chi connectivity index (χ1) is 10.5. The lowest BCUT2D eigenvalue weighted by molar-refractivity contribution is -0.153. The molecule has 0 amide bonds. The largest absolute Gasteiger partial charge is 0.508 e. The second kappa shape index (κ2) is 5.03. The number of phenolic OH excluding ortho intramolecular Hbond substituents is 1. The molecule has 7 heteroatoms. The lowest BCUT2D eigenvalue weighted by atomic mass is 9.60. The van der Waals surface area contributed by atoms with Crippen molar-refractivity contribution in [2.45, 2.75) is 12.3 Å². The van der Waals surface area contributed by atoms with Crippen LogP contribution in [0.1, 0.15) is 23.5 Å². The Kier molecular flexibility index (Phi) is 3.29. The molecule has 0 aliphatic heterocycles. The van der Waals surface area contributed by atoms with Gasteiger partial charge in [0.1, 0.15) is 5.75 Å². The van der Waals surface area contributed by atoms with Crippen molar-refractivity contribution in [2.75, 3.05) is 7.11 Å². The van der Waals surface area contributed by atoms with Crippen molar-refractivity contribution < 1.29 is 29.7 Å². The normalized spacial score (nSPS) is 25.8. The molecule has 0 aromatic heterocycles. The molecule has 3 atom stereocenters. The number of nitrogens with one attached hydrogen (secondary N) is 1. The summed E-state index contributed by atoms with van der Waals surface area (Å²) in [4.78, 5) is 28.2. The number of carbonyl (C=O) groups is 2. The Morgan fingerprint density at radius 1 is 1.27 bits per heavy atom. The Morgan fingerprint density at radius 3 is 2.59 bits per heavy atom. The van der Waals surface area contributed by atoms with Crippen LogP contribution in [-0.4, -0.2) is 34.4 Å². The number of allylic oxidation sites excluding steroid dienone is 1. The van der Waals surface area contributed by atoms with Crippen molar-refractivity contribution in [1.82, 2.24) is 5.48 Å². The standard InChI is InChI=1S/C15H15NO6/c1-22-16-10-5-9-7-3-2-6(17)4-8(7)11(10)13(15(20)21)12(9)14(18)19/h2-4,9,12-13,16-17H,5H2,1H3,(H,18,19)(H,20,21). The smallest absolute Gasteiger partial charge is 0.311 e. The molecule has 3 aliphatic carbocycles. The highest BCUT2D eigenvalue weighted by Crippen LogP contribution is 2.55. The van der Waals surface area contributed by atoms with Gasteiger partial charge in [-0.1, -0.05) is 6.07 Å². The van der Waals surface area contributed by atoms with Crippen molar-refractivity contribution in [1.29, 1.82) is 0 Å². The van der Waals surface area contributed by atoms with E-state index in [2.05, 4.69) is 5.48 Å². The molecule has 116 valence electrons. The van der Waals surface area contributed by atoms with Crippen LogP contribution < -0.4 is 5.48 Å². The number of phenols is 1. The van der Waals surface area contributed by atoms with E-state index in [0.717, 1.165) is 5.56 Å². The number of aromatic hydroxyl groups is 1. The van der Waals surface area contributed by atoms with Gasteiger partial charge in [-0.3, -0.25) is 19.9 Å². The van der Waals surface area contributed by atoms with E-state index in [1.807, 2.05) is 0 Å². The fourth-order valence-electron chi connectivity index (χ4n) is 3.60. The maximum Gasteiger partial charge on any atom is 0.311 e. The predicted molar refractivity (Wildman–Crippen MR) is 74.8 cm³/mol. The molecule has 0 fully saturated rings. The third-order valence-corrected chi connectivity index (χ3v) is 4.36. The Morgan fingerprint density at radius 2 is 2.00 bits per heavy atom. The average Bonchev–Trinajstić information content (AvgIpc) is 2.46. The minimum Gasteiger partial charge on any atom is -0.508 e. The summed E-state index contributed by atoms with van der Waals surface area (Å²) < 4.78 is 0. The van der Waals surface area contributed by atoms with Crippen LogP contribution in [-0.2, 0) is 14.4 Å². The number of fused-ring (bicyclic) bond motifs is 2. The number of hydroxylamine groups is 1. The van der Waals surface area contributed by atoms with Gasteiger partial charge in [-0.05, 0) is 35.3 Å². The molecular weight excluding hydrogens is 290 g/mol. The zero-order valence-corrected chi connectivity index (χ0v) is 11.7. The average molecular weight is 305 g/mol. The number of benzene rings is 1. The maximum absolute atomic E-state index is 11.7. The molecule has 2 bridgehead atoms. The number of carboxylic acid groups (broad SMARTS) is 2. The number of aliphatic carboxylic acids is 2. The summed E-state index contributed by atoms with van der Waals surface area (Å²) in [7, 11) is 1.41. The molecule has 4 rings (SSSR count). The van der Waals surface area contributed by atoms with E-state index in [-0.39, 0.29) is 5.75 Å². The van der Waals surface area contributed by atoms with E-state index in [4.69, 9.17) is 4.84 Å². The molecule has 0 heterocycles. The molecular formula is C15H15NO6. The first-order valence-electron chi connectivity index (χ1n) is 6.76. The Labute approximate surface area is 125 Å². The molecule has 1 aromatic rings. The highest BCUT2D eigenvalue weighted by Gasteiger charge is 2.52. The monoisotopic (exact) mass is 305 g/mol. The second-order valence-corrected chi connectivity index (χ2v) is 5.46. The Balaban J connectivity index is 2.27. The van der Waals surface area contributed by atoms with Crippen LogP contribution >= 0.6 is 0 Å². The molecule has 1 aromatic carbocycles. The van der Waals surface area contributed by atoms with Gasteiger partial charge in [-0.2, -0.15) is 0 Å². The Bertz CT molecular complexity index is 695. The van der Waals surface area contributed by atoms with Crippen molar-refractivity contribution in [3.63, 3.8) is 0 Å². The van der Waals surface area contributed by atoms with E-state index in [1.165, 1.54) is 19.2 Å². The molecule has 7 nitrogen and oxygen atoms in total.